The monoisotopic (exact) mass is 510 g/mol. The number of nitro groups is 1. The molecule has 0 bridgehead atoms. The highest BCUT2D eigenvalue weighted by molar-refractivity contribution is 7.92. The van der Waals surface area contributed by atoms with Crippen LogP contribution in [0, 0.1) is 10.1 Å². The van der Waals surface area contributed by atoms with E-state index in [1.165, 1.54) is 48.3 Å². The molecule has 2 amide bonds. The Kier molecular flexibility index (Phi) is 8.38. The molecule has 0 aliphatic rings. The van der Waals surface area contributed by atoms with Gasteiger partial charge in [0.2, 0.25) is 11.8 Å². The summed E-state index contributed by atoms with van der Waals surface area (Å²) in [7, 11) is -2.77. The van der Waals surface area contributed by atoms with Crippen LogP contribution in [-0.2, 0) is 26.2 Å². The van der Waals surface area contributed by atoms with Crippen LogP contribution in [0.2, 0.25) is 0 Å². The van der Waals surface area contributed by atoms with E-state index in [-0.39, 0.29) is 22.8 Å². The Hall–Kier alpha value is -4.25. The molecule has 36 heavy (non-hydrogen) atoms. The van der Waals surface area contributed by atoms with E-state index in [4.69, 9.17) is 0 Å². The first kappa shape index (κ1) is 26.4. The van der Waals surface area contributed by atoms with Gasteiger partial charge in [0.05, 0.1) is 15.5 Å². The molecule has 0 aliphatic carbocycles. The standard InChI is InChI=1S/C25H26N4O6S/c1-19(25(31)26-2)27(17-20-9-5-3-6-10-20)24(30)18-28(21-13-15-22(16-14-21)29(32)33)36(34,35)23-11-7-4-8-12-23/h3-16,19H,17-18H2,1-2H3,(H,26,31). The Bertz CT molecular complexity index is 1320. The van der Waals surface area contributed by atoms with E-state index in [1.807, 2.05) is 6.07 Å². The molecule has 0 spiro atoms. The molecule has 0 aliphatic heterocycles. The largest absolute Gasteiger partial charge is 0.357 e. The SMILES string of the molecule is CNC(=O)C(C)N(Cc1ccccc1)C(=O)CN(c1ccc([N+](=O)[O-])cc1)S(=O)(=O)c1ccccc1. The summed E-state index contributed by atoms with van der Waals surface area (Å²) in [5.41, 5.74) is 0.612. The number of likely N-dealkylation sites (N-methyl/N-ethyl adjacent to an activating group) is 1. The van der Waals surface area contributed by atoms with Crippen molar-refractivity contribution in [2.45, 2.75) is 24.4 Å². The number of anilines is 1. The Labute approximate surface area is 209 Å². The Balaban J connectivity index is 2.03. The van der Waals surface area contributed by atoms with Gasteiger partial charge in [-0.3, -0.25) is 24.0 Å². The number of benzene rings is 3. The molecule has 1 N–H and O–H groups in total. The predicted molar refractivity (Wildman–Crippen MR) is 135 cm³/mol. The van der Waals surface area contributed by atoms with Crippen molar-refractivity contribution in [2.24, 2.45) is 0 Å². The van der Waals surface area contributed by atoms with Crippen LogP contribution < -0.4 is 9.62 Å². The van der Waals surface area contributed by atoms with Crippen LogP contribution in [-0.4, -0.2) is 49.7 Å². The number of carbonyl (C=O) groups is 2. The number of rotatable bonds is 10. The molecule has 0 fully saturated rings. The summed E-state index contributed by atoms with van der Waals surface area (Å²) >= 11 is 0. The number of nitro benzene ring substituents is 1. The highest BCUT2D eigenvalue weighted by Crippen LogP contribution is 2.26. The molecule has 10 nitrogen and oxygen atoms in total. The van der Waals surface area contributed by atoms with E-state index >= 15 is 0 Å². The summed E-state index contributed by atoms with van der Waals surface area (Å²) in [5, 5.41) is 13.6. The Morgan fingerprint density at radius 3 is 2.03 bits per heavy atom. The second-order valence-corrected chi connectivity index (χ2v) is 9.76. The Morgan fingerprint density at radius 2 is 1.50 bits per heavy atom. The number of hydrogen-bond acceptors (Lipinski definition) is 6. The zero-order chi connectivity index (χ0) is 26.3. The molecule has 0 saturated heterocycles. The molecule has 0 radical (unpaired) electrons. The van der Waals surface area contributed by atoms with Crippen molar-refractivity contribution < 1.29 is 22.9 Å². The predicted octanol–water partition coefficient (Wildman–Crippen LogP) is 2.95. The first-order valence-corrected chi connectivity index (χ1v) is 12.5. The molecule has 3 aromatic carbocycles. The number of sulfonamides is 1. The summed E-state index contributed by atoms with van der Waals surface area (Å²) in [6.45, 7) is 1.01. The van der Waals surface area contributed by atoms with Crippen molar-refractivity contribution in [2.75, 3.05) is 17.9 Å². The minimum atomic E-state index is -4.22. The van der Waals surface area contributed by atoms with Crippen molar-refractivity contribution in [1.82, 2.24) is 10.2 Å². The molecule has 188 valence electrons. The van der Waals surface area contributed by atoms with Gasteiger partial charge in [-0.15, -0.1) is 0 Å². The maximum Gasteiger partial charge on any atom is 0.269 e. The normalized spacial score (nSPS) is 11.8. The second kappa shape index (κ2) is 11.5. The van der Waals surface area contributed by atoms with Crippen LogP contribution in [0.15, 0.2) is 89.8 Å². The van der Waals surface area contributed by atoms with Gasteiger partial charge in [-0.1, -0.05) is 48.5 Å². The van der Waals surface area contributed by atoms with Gasteiger partial charge in [-0.25, -0.2) is 8.42 Å². The third-order valence-corrected chi connectivity index (χ3v) is 7.36. The fourth-order valence-electron chi connectivity index (χ4n) is 3.56. The summed E-state index contributed by atoms with van der Waals surface area (Å²) in [6, 6.07) is 20.6. The lowest BCUT2D eigenvalue weighted by Crippen LogP contribution is -2.50. The van der Waals surface area contributed by atoms with Gasteiger partial charge >= 0.3 is 0 Å². The summed E-state index contributed by atoms with van der Waals surface area (Å²) < 4.78 is 28.0. The first-order valence-electron chi connectivity index (χ1n) is 11.0. The third kappa shape index (κ3) is 6.05. The quantitative estimate of drug-likeness (QED) is 0.330. The zero-order valence-corrected chi connectivity index (χ0v) is 20.6. The van der Waals surface area contributed by atoms with E-state index in [1.54, 1.807) is 49.4 Å². The van der Waals surface area contributed by atoms with Crippen LogP contribution in [0.25, 0.3) is 0 Å². The lowest BCUT2D eigenvalue weighted by Gasteiger charge is -2.31. The highest BCUT2D eigenvalue weighted by Gasteiger charge is 2.32. The van der Waals surface area contributed by atoms with Gasteiger partial charge in [-0.05, 0) is 36.8 Å². The van der Waals surface area contributed by atoms with E-state index < -0.39 is 39.3 Å². The van der Waals surface area contributed by atoms with Crippen molar-refractivity contribution in [1.29, 1.82) is 0 Å². The van der Waals surface area contributed by atoms with E-state index in [9.17, 15) is 28.1 Å². The molecule has 11 heteroatoms. The minimum absolute atomic E-state index is 0.0508. The summed E-state index contributed by atoms with van der Waals surface area (Å²) in [6.07, 6.45) is 0. The average Bonchev–Trinajstić information content (AvgIpc) is 2.90. The molecule has 3 aromatic rings. The topological polar surface area (TPSA) is 130 Å². The van der Waals surface area contributed by atoms with Crippen molar-refractivity contribution in [3.63, 3.8) is 0 Å². The number of non-ortho nitro benzene ring substituents is 1. The fourth-order valence-corrected chi connectivity index (χ4v) is 5.00. The zero-order valence-electron chi connectivity index (χ0n) is 19.8. The third-order valence-electron chi connectivity index (χ3n) is 5.57. The van der Waals surface area contributed by atoms with Crippen LogP contribution in [0.3, 0.4) is 0 Å². The van der Waals surface area contributed by atoms with E-state index in [0.29, 0.717) is 0 Å². The highest BCUT2D eigenvalue weighted by atomic mass is 32.2. The van der Waals surface area contributed by atoms with Gasteiger partial charge in [0.1, 0.15) is 12.6 Å². The summed E-state index contributed by atoms with van der Waals surface area (Å²) in [4.78, 5) is 37.7. The number of nitrogens with one attached hydrogen (secondary N) is 1. The van der Waals surface area contributed by atoms with Crippen LogP contribution in [0.1, 0.15) is 12.5 Å². The van der Waals surface area contributed by atoms with Crippen molar-refractivity contribution in [3.8, 4) is 0 Å². The van der Waals surface area contributed by atoms with Crippen molar-refractivity contribution >= 4 is 33.2 Å². The molecule has 0 heterocycles. The maximum atomic E-state index is 13.6. The molecular formula is C25H26N4O6S. The van der Waals surface area contributed by atoms with Crippen molar-refractivity contribution in [3.05, 3.63) is 101 Å². The van der Waals surface area contributed by atoms with Crippen LogP contribution in [0.5, 0.6) is 0 Å². The molecule has 0 saturated carbocycles. The second-order valence-electron chi connectivity index (χ2n) is 7.90. The Morgan fingerprint density at radius 1 is 0.944 bits per heavy atom. The molecule has 3 rings (SSSR count). The number of amides is 2. The van der Waals surface area contributed by atoms with Gasteiger partial charge in [-0.2, -0.15) is 0 Å². The van der Waals surface area contributed by atoms with Crippen LogP contribution in [0.4, 0.5) is 11.4 Å². The van der Waals surface area contributed by atoms with E-state index in [2.05, 4.69) is 5.32 Å². The summed E-state index contributed by atoms with van der Waals surface area (Å²) in [5.74, 6) is -1.03. The number of hydrogen-bond donors (Lipinski definition) is 1. The molecule has 1 atom stereocenters. The smallest absolute Gasteiger partial charge is 0.269 e. The number of nitrogens with zero attached hydrogens (tertiary/aromatic N) is 3. The average molecular weight is 511 g/mol. The van der Waals surface area contributed by atoms with Gasteiger partial charge in [0, 0.05) is 25.7 Å². The van der Waals surface area contributed by atoms with Gasteiger partial charge in [0.25, 0.3) is 15.7 Å². The maximum absolute atomic E-state index is 13.6. The van der Waals surface area contributed by atoms with Gasteiger partial charge < -0.3 is 10.2 Å². The minimum Gasteiger partial charge on any atom is -0.357 e. The van der Waals surface area contributed by atoms with E-state index in [0.717, 1.165) is 9.87 Å². The lowest BCUT2D eigenvalue weighted by atomic mass is 10.1. The number of carbonyl (C=O) groups excluding carboxylic acids is 2. The molecular weight excluding hydrogens is 484 g/mol. The van der Waals surface area contributed by atoms with Gasteiger partial charge in [0.15, 0.2) is 0 Å². The lowest BCUT2D eigenvalue weighted by molar-refractivity contribution is -0.384. The fraction of sp³-hybridized carbons (Fsp3) is 0.200. The van der Waals surface area contributed by atoms with Crippen LogP contribution >= 0.6 is 0 Å². The first-order chi connectivity index (χ1) is 17.1. The molecule has 1 unspecified atom stereocenters. The molecule has 0 aromatic heterocycles.